The summed E-state index contributed by atoms with van der Waals surface area (Å²) in [7, 11) is -2.97. The average Bonchev–Trinajstić information content (AvgIpc) is 3.83. The van der Waals surface area contributed by atoms with Crippen molar-refractivity contribution in [2.45, 2.75) is 176 Å². The van der Waals surface area contributed by atoms with Crippen molar-refractivity contribution in [3.05, 3.63) is 119 Å². The van der Waals surface area contributed by atoms with Crippen molar-refractivity contribution in [2.75, 3.05) is 7.11 Å². The lowest BCUT2D eigenvalue weighted by Crippen LogP contribution is -2.50. The number of benzene rings is 4. The summed E-state index contributed by atoms with van der Waals surface area (Å²) in [6.45, 7) is 35.9. The molecule has 0 bridgehead atoms. The minimum absolute atomic E-state index is 0.0163. The van der Waals surface area contributed by atoms with Gasteiger partial charge in [0.05, 0.1) is 19.3 Å². The molecule has 0 amide bonds. The lowest BCUT2D eigenvalue weighted by Gasteiger charge is -2.42. The summed E-state index contributed by atoms with van der Waals surface area (Å²) in [4.78, 5) is 12.3. The van der Waals surface area contributed by atoms with Crippen LogP contribution in [0.25, 0.3) is 33.4 Å². The summed E-state index contributed by atoms with van der Waals surface area (Å²) in [5, 5.41) is 9.77. The van der Waals surface area contributed by atoms with Crippen LogP contribution in [0.4, 0.5) is 8.78 Å². The monoisotopic (exact) mass is 965 g/mol. The predicted molar refractivity (Wildman–Crippen MR) is 286 cm³/mol. The van der Waals surface area contributed by atoms with Crippen LogP contribution in [0, 0.1) is 22.5 Å². The Kier molecular flexibility index (Phi) is 17.5. The van der Waals surface area contributed by atoms with Gasteiger partial charge < -0.3 is 18.7 Å². The van der Waals surface area contributed by atoms with Gasteiger partial charge in [-0.1, -0.05) is 141 Å². The normalized spacial score (nSPS) is 15.9. The molecule has 68 heavy (non-hydrogen) atoms. The number of hydrogen-bond acceptors (Lipinski definition) is 5. The minimum atomic E-state index is -2.20. The minimum Gasteiger partial charge on any atom is -0.543 e. The van der Waals surface area contributed by atoms with E-state index in [2.05, 4.69) is 123 Å². The second-order valence-electron chi connectivity index (χ2n) is 22.5. The number of aliphatic hydroxyl groups excluding tert-OH is 1. The summed E-state index contributed by atoms with van der Waals surface area (Å²) in [6.07, 6.45) is 8.55. The van der Waals surface area contributed by atoms with E-state index >= 15 is 8.78 Å². The van der Waals surface area contributed by atoms with E-state index in [0.717, 1.165) is 64.8 Å². The van der Waals surface area contributed by atoms with Crippen molar-refractivity contribution in [1.29, 1.82) is 0 Å². The third-order valence-electron chi connectivity index (χ3n) is 15.4. The van der Waals surface area contributed by atoms with E-state index < -0.39 is 22.6 Å². The van der Waals surface area contributed by atoms with Crippen LogP contribution in [-0.4, -0.2) is 34.8 Å². The van der Waals surface area contributed by atoms with E-state index in [0.29, 0.717) is 55.7 Å². The number of halogens is 2. The SMILES string of the molecule is CC(C)[Si](Oc1ccc(F)c(-c2ccc(CO)cc2C2=CCCC2(C)C)c1)(C(C)C)C(C)C.COC(=O)c1ccc(-c2cc(O[Si](C(C)C)(C(C)C)C(C)C)ccc2F)c(C2=CCCC2(C)C)c1. The van der Waals surface area contributed by atoms with Crippen molar-refractivity contribution in [2.24, 2.45) is 10.8 Å². The fourth-order valence-corrected chi connectivity index (χ4v) is 22.5. The number of carbonyl (C=O) groups excluding carboxylic acids is 1. The zero-order chi connectivity index (χ0) is 50.7. The van der Waals surface area contributed by atoms with E-state index in [1.54, 1.807) is 24.3 Å². The Labute approximate surface area is 411 Å². The van der Waals surface area contributed by atoms with Gasteiger partial charge >= 0.3 is 5.97 Å². The quantitative estimate of drug-likeness (QED) is 0.0895. The third-order valence-corrected chi connectivity index (χ3v) is 27.4. The Morgan fingerprint density at radius 2 is 0.926 bits per heavy atom. The molecule has 2 aliphatic rings. The number of ether oxygens (including phenoxy) is 1. The maximum absolute atomic E-state index is 15.4. The number of methoxy groups -OCH3 is 1. The Bertz CT molecular complexity index is 2430. The Morgan fingerprint density at radius 3 is 1.26 bits per heavy atom. The first kappa shape index (κ1) is 54.6. The number of aliphatic hydroxyl groups is 1. The molecular formula is C59H82F2O5Si2. The van der Waals surface area contributed by atoms with Gasteiger partial charge in [0.25, 0.3) is 16.6 Å². The molecule has 370 valence electrons. The summed E-state index contributed by atoms with van der Waals surface area (Å²) < 4.78 is 49.4. The maximum atomic E-state index is 15.4. The first-order valence-corrected chi connectivity index (χ1v) is 29.4. The highest BCUT2D eigenvalue weighted by Gasteiger charge is 2.48. The second-order valence-corrected chi connectivity index (χ2v) is 33.2. The predicted octanol–water partition coefficient (Wildman–Crippen LogP) is 17.8. The summed E-state index contributed by atoms with van der Waals surface area (Å²) in [5.74, 6) is 0.528. The Morgan fingerprint density at radius 1 is 0.544 bits per heavy atom. The van der Waals surface area contributed by atoms with Crippen molar-refractivity contribution in [3.63, 3.8) is 0 Å². The lowest BCUT2D eigenvalue weighted by molar-refractivity contribution is 0.0600. The lowest BCUT2D eigenvalue weighted by atomic mass is 9.79. The Hall–Kier alpha value is -4.32. The van der Waals surface area contributed by atoms with Gasteiger partial charge in [0.2, 0.25) is 0 Å². The molecule has 0 aliphatic heterocycles. The van der Waals surface area contributed by atoms with Crippen molar-refractivity contribution in [3.8, 4) is 33.8 Å². The van der Waals surface area contributed by atoms with Gasteiger partial charge in [0.1, 0.15) is 23.1 Å². The molecule has 9 heteroatoms. The molecule has 0 atom stereocenters. The van der Waals surface area contributed by atoms with Crippen LogP contribution in [-0.2, 0) is 11.3 Å². The summed E-state index contributed by atoms with van der Waals surface area (Å²) >= 11 is 0. The smallest absolute Gasteiger partial charge is 0.337 e. The molecule has 0 heterocycles. The molecule has 4 aromatic carbocycles. The van der Waals surface area contributed by atoms with Crippen LogP contribution >= 0.6 is 0 Å². The second kappa shape index (κ2) is 21.8. The highest BCUT2D eigenvalue weighted by molar-refractivity contribution is 6.78. The van der Waals surface area contributed by atoms with Gasteiger partial charge in [-0.05, 0) is 163 Å². The van der Waals surface area contributed by atoms with Gasteiger partial charge in [-0.3, -0.25) is 0 Å². The van der Waals surface area contributed by atoms with E-state index in [-0.39, 0.29) is 29.1 Å². The Balaban J connectivity index is 0.000000255. The fourth-order valence-electron chi connectivity index (χ4n) is 12.0. The number of allylic oxidation sites excluding steroid dienone is 4. The molecule has 4 aromatic rings. The van der Waals surface area contributed by atoms with Crippen LogP contribution < -0.4 is 8.85 Å². The van der Waals surface area contributed by atoms with Gasteiger partial charge in [-0.25, -0.2) is 13.6 Å². The highest BCUT2D eigenvalue weighted by atomic mass is 28.4. The van der Waals surface area contributed by atoms with Gasteiger partial charge in [0, 0.05) is 11.1 Å². The molecule has 0 saturated heterocycles. The van der Waals surface area contributed by atoms with Crippen molar-refractivity contribution in [1.82, 2.24) is 0 Å². The average molecular weight is 965 g/mol. The maximum Gasteiger partial charge on any atom is 0.337 e. The zero-order valence-electron chi connectivity index (χ0n) is 44.4. The standard InChI is InChI=1S/C30H41FO3Si.C29H41FO2Si/c1-19(2)35(20(3)4,21(5)6)34-23-13-15-28(31)26(18-23)24-14-12-22(29(32)33-9)17-25(24)27-11-10-16-30(27,7)8;1-19(2)33(20(3)4,21(5)6)32-23-12-14-28(30)26(17-23)24-13-11-22(18-31)16-25(24)27-10-9-15-29(27,7)8/h11-15,17-21H,10,16H2,1-9H3;10-14,16-17,19-21,31H,9,15,18H2,1-8H3. The van der Waals surface area contributed by atoms with Crippen molar-refractivity contribution < 1.29 is 32.3 Å². The van der Waals surface area contributed by atoms with Gasteiger partial charge in [0.15, 0.2) is 0 Å². The molecule has 2 aliphatic carbocycles. The molecule has 0 radical (unpaired) electrons. The molecule has 6 rings (SSSR count). The number of hydrogen-bond donors (Lipinski definition) is 1. The van der Waals surface area contributed by atoms with E-state index in [1.807, 2.05) is 42.5 Å². The van der Waals surface area contributed by atoms with Gasteiger partial charge in [-0.15, -0.1) is 0 Å². The first-order chi connectivity index (χ1) is 31.8. The molecule has 0 aromatic heterocycles. The van der Waals surface area contributed by atoms with Crippen LogP contribution in [0.15, 0.2) is 84.9 Å². The van der Waals surface area contributed by atoms with E-state index in [1.165, 1.54) is 18.7 Å². The van der Waals surface area contributed by atoms with E-state index in [9.17, 15) is 9.90 Å². The molecule has 0 spiro atoms. The number of esters is 1. The van der Waals surface area contributed by atoms with E-state index in [4.69, 9.17) is 13.6 Å². The molecular weight excluding hydrogens is 883 g/mol. The van der Waals surface area contributed by atoms with Crippen molar-refractivity contribution >= 4 is 33.8 Å². The summed E-state index contributed by atoms with van der Waals surface area (Å²) in [6, 6.07) is 21.6. The van der Waals surface area contributed by atoms with Crippen LogP contribution in [0.3, 0.4) is 0 Å². The number of carbonyl (C=O) groups is 1. The van der Waals surface area contributed by atoms with Gasteiger partial charge in [-0.2, -0.15) is 0 Å². The van der Waals surface area contributed by atoms with Crippen LogP contribution in [0.2, 0.25) is 33.2 Å². The third kappa shape index (κ3) is 11.0. The van der Waals surface area contributed by atoms with Crippen LogP contribution in [0.5, 0.6) is 11.5 Å². The topological polar surface area (TPSA) is 65.0 Å². The molecule has 1 N–H and O–H groups in total. The molecule has 0 unspecified atom stereocenters. The fraction of sp³-hybridized carbons (Fsp3) is 0.508. The zero-order valence-corrected chi connectivity index (χ0v) is 46.4. The summed E-state index contributed by atoms with van der Waals surface area (Å²) in [5.41, 5.74) is 10.8. The molecule has 5 nitrogen and oxygen atoms in total. The first-order valence-electron chi connectivity index (χ1n) is 25.1. The molecule has 0 saturated carbocycles. The number of rotatable bonds is 16. The van der Waals surface area contributed by atoms with Crippen LogP contribution in [0.1, 0.15) is 164 Å². The highest BCUT2D eigenvalue weighted by Crippen LogP contribution is 2.51. The largest absolute Gasteiger partial charge is 0.543 e. The molecule has 0 fully saturated rings.